The second kappa shape index (κ2) is 8.21. The summed E-state index contributed by atoms with van der Waals surface area (Å²) in [7, 11) is 1.89. The summed E-state index contributed by atoms with van der Waals surface area (Å²) in [6.07, 6.45) is 3.42. The third-order valence-electron chi connectivity index (χ3n) is 6.80. The van der Waals surface area contributed by atoms with Crippen LogP contribution in [0.2, 0.25) is 5.02 Å². The van der Waals surface area contributed by atoms with E-state index in [1.807, 2.05) is 72.3 Å². The minimum absolute atomic E-state index is 0.627. The van der Waals surface area contributed by atoms with Crippen LogP contribution in [0.1, 0.15) is 16.1 Å². The van der Waals surface area contributed by atoms with E-state index in [0.717, 1.165) is 37.0 Å². The smallest absolute Gasteiger partial charge is 0.180 e. The van der Waals surface area contributed by atoms with Crippen molar-refractivity contribution in [3.8, 4) is 11.1 Å². The van der Waals surface area contributed by atoms with E-state index >= 15 is 0 Å². The van der Waals surface area contributed by atoms with Gasteiger partial charge in [0.2, 0.25) is 0 Å². The zero-order chi connectivity index (χ0) is 25.1. The minimum atomic E-state index is -1.44. The van der Waals surface area contributed by atoms with E-state index in [2.05, 4.69) is 38.7 Å². The van der Waals surface area contributed by atoms with Gasteiger partial charge in [-0.3, -0.25) is 0 Å². The number of aromatic nitrogens is 6. The lowest BCUT2D eigenvalue weighted by Gasteiger charge is -2.28. The van der Waals surface area contributed by atoms with Crippen molar-refractivity contribution in [2.45, 2.75) is 5.60 Å². The van der Waals surface area contributed by atoms with Crippen LogP contribution in [0.4, 0.5) is 0 Å². The van der Waals surface area contributed by atoms with Crippen LogP contribution in [0.15, 0.2) is 91.4 Å². The fraction of sp³-hybridized carbons (Fsp3) is 0.0714. The van der Waals surface area contributed by atoms with E-state index in [1.54, 1.807) is 28.4 Å². The maximum atomic E-state index is 12.6. The van der Waals surface area contributed by atoms with Gasteiger partial charge < -0.3 is 9.67 Å². The molecule has 7 rings (SSSR count). The number of aryl methyl sites for hydroxylation is 1. The van der Waals surface area contributed by atoms with Gasteiger partial charge in [0.05, 0.1) is 23.7 Å². The Morgan fingerprint density at radius 1 is 0.973 bits per heavy atom. The monoisotopic (exact) mass is 522 g/mol. The van der Waals surface area contributed by atoms with Crippen molar-refractivity contribution < 1.29 is 5.11 Å². The Bertz CT molecular complexity index is 1920. The highest BCUT2D eigenvalue weighted by Gasteiger charge is 2.38. The van der Waals surface area contributed by atoms with E-state index < -0.39 is 5.60 Å². The van der Waals surface area contributed by atoms with E-state index in [-0.39, 0.29) is 0 Å². The fourth-order valence-corrected chi connectivity index (χ4v) is 6.38. The molecule has 0 bridgehead atoms. The number of tetrazole rings is 1. The molecule has 1 unspecified atom stereocenters. The molecule has 37 heavy (non-hydrogen) atoms. The number of aliphatic hydroxyl groups is 1. The van der Waals surface area contributed by atoms with Crippen LogP contribution >= 0.6 is 22.9 Å². The Morgan fingerprint density at radius 3 is 2.68 bits per heavy atom. The van der Waals surface area contributed by atoms with Gasteiger partial charge in [-0.15, -0.1) is 16.4 Å². The fourth-order valence-electron chi connectivity index (χ4n) is 5.00. The molecule has 0 fully saturated rings. The molecule has 180 valence electrons. The number of pyridine rings is 1. The largest absolute Gasteiger partial charge is 0.374 e. The maximum absolute atomic E-state index is 12.6. The van der Waals surface area contributed by atoms with Gasteiger partial charge >= 0.3 is 0 Å². The number of imidazole rings is 1. The zero-order valence-corrected chi connectivity index (χ0v) is 21.1. The molecule has 0 aliphatic rings. The number of nitrogens with zero attached hydrogens (tertiary/aromatic N) is 6. The van der Waals surface area contributed by atoms with Crippen molar-refractivity contribution in [2.24, 2.45) is 7.05 Å². The van der Waals surface area contributed by atoms with E-state index in [9.17, 15) is 5.11 Å². The Balaban J connectivity index is 1.55. The first-order valence-corrected chi connectivity index (χ1v) is 12.8. The number of thiophene rings is 1. The zero-order valence-electron chi connectivity index (χ0n) is 19.6. The lowest BCUT2D eigenvalue weighted by Crippen LogP contribution is -2.30. The Hall–Kier alpha value is -4.11. The number of hydrogen-bond acceptors (Lipinski definition) is 6. The molecule has 9 heteroatoms. The average molecular weight is 523 g/mol. The van der Waals surface area contributed by atoms with Crippen LogP contribution < -0.4 is 0 Å². The molecule has 4 heterocycles. The summed E-state index contributed by atoms with van der Waals surface area (Å²) in [5, 5.41) is 27.5. The molecule has 1 N–H and O–H groups in total. The van der Waals surface area contributed by atoms with Crippen LogP contribution in [0.5, 0.6) is 0 Å². The molecule has 0 saturated heterocycles. The molecule has 0 aliphatic heterocycles. The lowest BCUT2D eigenvalue weighted by molar-refractivity contribution is 0.121. The SMILES string of the molecule is Cn1cncc1C(O)(c1ccc2c(c1)c(-c1cccc(Cl)c1)cc1nnnn12)c1cc2ccccc2s1. The lowest BCUT2D eigenvalue weighted by atomic mass is 9.86. The van der Waals surface area contributed by atoms with Gasteiger partial charge in [-0.1, -0.05) is 48.0 Å². The molecule has 0 saturated carbocycles. The molecule has 1 atom stereocenters. The van der Waals surface area contributed by atoms with Crippen LogP contribution in [0.3, 0.4) is 0 Å². The molecular formula is C28H19ClN6OS. The first-order valence-electron chi connectivity index (χ1n) is 11.6. The number of fused-ring (bicyclic) bond motifs is 4. The van der Waals surface area contributed by atoms with Gasteiger partial charge in [-0.25, -0.2) is 4.98 Å². The molecule has 0 amide bonds. The van der Waals surface area contributed by atoms with E-state index in [4.69, 9.17) is 11.6 Å². The highest BCUT2D eigenvalue weighted by molar-refractivity contribution is 7.19. The van der Waals surface area contributed by atoms with Crippen LogP contribution in [0.25, 0.3) is 37.8 Å². The third kappa shape index (κ3) is 3.37. The molecule has 4 aromatic heterocycles. The van der Waals surface area contributed by atoms with Gasteiger partial charge in [0.15, 0.2) is 11.2 Å². The van der Waals surface area contributed by atoms with Crippen LogP contribution in [-0.2, 0) is 12.6 Å². The van der Waals surface area contributed by atoms with E-state index in [1.165, 1.54) is 0 Å². The first kappa shape index (κ1) is 22.1. The van der Waals surface area contributed by atoms with Gasteiger partial charge in [0.25, 0.3) is 0 Å². The molecule has 0 radical (unpaired) electrons. The number of halogens is 1. The predicted molar refractivity (Wildman–Crippen MR) is 146 cm³/mol. The van der Waals surface area contributed by atoms with Crippen molar-refractivity contribution >= 4 is 49.6 Å². The molecule has 0 spiro atoms. The summed E-state index contributed by atoms with van der Waals surface area (Å²) in [5.41, 5.74) is 3.25. The minimum Gasteiger partial charge on any atom is -0.374 e. The van der Waals surface area contributed by atoms with Crippen molar-refractivity contribution in [1.29, 1.82) is 0 Å². The predicted octanol–water partition coefficient (Wildman–Crippen LogP) is 5.83. The molecule has 7 nitrogen and oxygen atoms in total. The Morgan fingerprint density at radius 2 is 1.86 bits per heavy atom. The van der Waals surface area contributed by atoms with E-state index in [0.29, 0.717) is 21.9 Å². The molecule has 0 aliphatic carbocycles. The summed E-state index contributed by atoms with van der Waals surface area (Å²) in [6, 6.07) is 25.7. The summed E-state index contributed by atoms with van der Waals surface area (Å²) < 4.78 is 4.67. The van der Waals surface area contributed by atoms with Gasteiger partial charge in [-0.2, -0.15) is 4.52 Å². The van der Waals surface area contributed by atoms with Crippen molar-refractivity contribution in [2.75, 3.05) is 0 Å². The summed E-state index contributed by atoms with van der Waals surface area (Å²) in [6.45, 7) is 0. The molecule has 7 aromatic rings. The average Bonchev–Trinajstić information content (AvgIpc) is 3.67. The van der Waals surface area contributed by atoms with Crippen molar-refractivity contribution in [3.05, 3.63) is 113 Å². The second-order valence-corrected chi connectivity index (χ2v) is 10.5. The van der Waals surface area contributed by atoms with Crippen LogP contribution in [-0.4, -0.2) is 34.7 Å². The maximum Gasteiger partial charge on any atom is 0.180 e. The number of benzene rings is 3. The quantitative estimate of drug-likeness (QED) is 0.314. The standard InChI is InChI=1S/C28H19ClN6OS/c1-34-16-30-15-25(34)28(36,26-12-18-5-2-3-8-24(18)37-26)19-9-10-23-22(13-19)21(14-27-31-32-33-35(23)27)17-6-4-7-20(29)11-17/h2-16,36H,1H3. The third-order valence-corrected chi connectivity index (χ3v) is 8.26. The molecule has 3 aromatic carbocycles. The highest BCUT2D eigenvalue weighted by Crippen LogP contribution is 2.43. The summed E-state index contributed by atoms with van der Waals surface area (Å²) >= 11 is 7.93. The van der Waals surface area contributed by atoms with Gasteiger partial charge in [0.1, 0.15) is 0 Å². The Kier molecular flexibility index (Phi) is 4.91. The number of hydrogen-bond donors (Lipinski definition) is 1. The van der Waals surface area contributed by atoms with Crippen molar-refractivity contribution in [1.82, 2.24) is 29.6 Å². The number of rotatable bonds is 4. The van der Waals surface area contributed by atoms with Crippen LogP contribution in [0, 0.1) is 0 Å². The first-order chi connectivity index (χ1) is 18.0. The summed E-state index contributed by atoms with van der Waals surface area (Å²) in [5.74, 6) is 0. The molecular weight excluding hydrogens is 504 g/mol. The van der Waals surface area contributed by atoms with Crippen molar-refractivity contribution in [3.63, 3.8) is 0 Å². The summed E-state index contributed by atoms with van der Waals surface area (Å²) in [4.78, 5) is 5.14. The van der Waals surface area contributed by atoms with Gasteiger partial charge in [0, 0.05) is 27.0 Å². The Labute approximate surface area is 220 Å². The highest BCUT2D eigenvalue weighted by atomic mass is 35.5. The second-order valence-electron chi connectivity index (χ2n) is 9.00. The van der Waals surface area contributed by atoms with Gasteiger partial charge in [-0.05, 0) is 75.0 Å². The normalized spacial score (nSPS) is 13.5. The topological polar surface area (TPSA) is 81.1 Å².